The number of halogens is 4. The molecule has 5 N–H and O–H groups in total. The normalized spacial score (nSPS) is 11.0. The number of aliphatic imine (C=N–C) groups is 1. The molecule has 0 aliphatic heterocycles. The summed E-state index contributed by atoms with van der Waals surface area (Å²) in [6.45, 7) is 0. The number of hydrogen-bond acceptors (Lipinski definition) is 3. The lowest BCUT2D eigenvalue weighted by molar-refractivity contribution is -0.138. The number of alkyl halides is 3. The van der Waals surface area contributed by atoms with Gasteiger partial charge in [-0.15, -0.1) is 0 Å². The van der Waals surface area contributed by atoms with Gasteiger partial charge in [0.1, 0.15) is 11.5 Å². The number of nitrogens with one attached hydrogen (secondary N) is 1. The van der Waals surface area contributed by atoms with Gasteiger partial charge in [0, 0.05) is 21.9 Å². The van der Waals surface area contributed by atoms with E-state index in [-0.39, 0.29) is 10.4 Å². The minimum Gasteiger partial charge on any atom is -0.457 e. The van der Waals surface area contributed by atoms with Gasteiger partial charge in [0.25, 0.3) is 0 Å². The fourth-order valence-corrected chi connectivity index (χ4v) is 2.97. The molecule has 0 saturated heterocycles. The average Bonchev–Trinajstić information content (AvgIpc) is 2.64. The molecular formula is C20H16BrF3N4O. The zero-order valence-electron chi connectivity index (χ0n) is 14.9. The van der Waals surface area contributed by atoms with Crippen LogP contribution < -0.4 is 21.5 Å². The topological polar surface area (TPSA) is 85.7 Å². The van der Waals surface area contributed by atoms with Crippen molar-refractivity contribution in [1.82, 2.24) is 0 Å². The fraction of sp³-hybridized carbons (Fsp3) is 0.0500. The zero-order valence-corrected chi connectivity index (χ0v) is 16.5. The second-order valence-corrected chi connectivity index (χ2v) is 6.83. The lowest BCUT2D eigenvalue weighted by atomic mass is 10.2. The summed E-state index contributed by atoms with van der Waals surface area (Å²) in [5, 5.41) is 2.95. The first kappa shape index (κ1) is 20.5. The quantitative estimate of drug-likeness (QED) is 0.323. The highest BCUT2D eigenvalue weighted by Crippen LogP contribution is 2.37. The standard InChI is InChI=1S/C20H16BrF3N4O/c21-18-9-6-14(11-17(18)20(22,23)24)27-13-2-1-3-16(10-13)29-15-7-4-12(5-8-15)28-19(25)26/h1-11,27H,(H4,25,26,28). The maximum Gasteiger partial charge on any atom is 0.417 e. The Morgan fingerprint density at radius 2 is 1.59 bits per heavy atom. The van der Waals surface area contributed by atoms with E-state index >= 15 is 0 Å². The van der Waals surface area contributed by atoms with E-state index in [1.165, 1.54) is 6.07 Å². The molecule has 150 valence electrons. The van der Waals surface area contributed by atoms with E-state index in [9.17, 15) is 13.2 Å². The van der Waals surface area contributed by atoms with Gasteiger partial charge in [0.2, 0.25) is 0 Å². The summed E-state index contributed by atoms with van der Waals surface area (Å²) in [7, 11) is 0. The van der Waals surface area contributed by atoms with Gasteiger partial charge in [-0.2, -0.15) is 13.2 Å². The van der Waals surface area contributed by atoms with Crippen LogP contribution in [0.5, 0.6) is 11.5 Å². The minimum absolute atomic E-state index is 0.0168. The predicted molar refractivity (Wildman–Crippen MR) is 111 cm³/mol. The Morgan fingerprint density at radius 1 is 0.897 bits per heavy atom. The first-order chi connectivity index (χ1) is 13.7. The molecular weight excluding hydrogens is 449 g/mol. The van der Waals surface area contributed by atoms with Crippen molar-refractivity contribution in [2.75, 3.05) is 5.32 Å². The molecule has 0 aromatic heterocycles. The Bertz CT molecular complexity index is 1030. The SMILES string of the molecule is NC(N)=Nc1ccc(Oc2cccc(Nc3ccc(Br)c(C(F)(F)F)c3)c2)cc1. The van der Waals surface area contributed by atoms with E-state index in [0.29, 0.717) is 28.6 Å². The molecule has 3 aromatic carbocycles. The molecule has 5 nitrogen and oxygen atoms in total. The molecule has 3 rings (SSSR count). The molecule has 0 aliphatic rings. The molecule has 0 bridgehead atoms. The van der Waals surface area contributed by atoms with Gasteiger partial charge in [-0.05, 0) is 54.6 Å². The number of hydrogen-bond donors (Lipinski definition) is 3. The first-order valence-electron chi connectivity index (χ1n) is 8.32. The number of nitrogens with two attached hydrogens (primary N) is 2. The van der Waals surface area contributed by atoms with Crippen molar-refractivity contribution in [3.63, 3.8) is 0 Å². The van der Waals surface area contributed by atoms with Gasteiger partial charge in [-0.3, -0.25) is 0 Å². The smallest absolute Gasteiger partial charge is 0.417 e. The van der Waals surface area contributed by atoms with Gasteiger partial charge in [0.05, 0.1) is 11.3 Å². The van der Waals surface area contributed by atoms with Crippen LogP contribution in [-0.4, -0.2) is 5.96 Å². The molecule has 3 aromatic rings. The number of rotatable bonds is 5. The van der Waals surface area contributed by atoms with Crippen LogP contribution >= 0.6 is 15.9 Å². The van der Waals surface area contributed by atoms with Crippen molar-refractivity contribution in [1.29, 1.82) is 0 Å². The Kier molecular flexibility index (Phi) is 5.97. The second-order valence-electron chi connectivity index (χ2n) is 5.98. The van der Waals surface area contributed by atoms with Gasteiger partial charge < -0.3 is 21.5 Å². The lowest BCUT2D eigenvalue weighted by Crippen LogP contribution is -2.21. The Hall–Kier alpha value is -3.20. The fourth-order valence-electron chi connectivity index (χ4n) is 2.50. The number of nitrogens with zero attached hydrogens (tertiary/aromatic N) is 1. The van der Waals surface area contributed by atoms with Crippen LogP contribution in [0.2, 0.25) is 0 Å². The Balaban J connectivity index is 1.76. The first-order valence-corrected chi connectivity index (χ1v) is 9.11. The van der Waals surface area contributed by atoms with Gasteiger partial charge in [0.15, 0.2) is 5.96 Å². The molecule has 0 amide bonds. The molecule has 0 heterocycles. The second kappa shape index (κ2) is 8.44. The minimum atomic E-state index is -4.45. The van der Waals surface area contributed by atoms with E-state index in [4.69, 9.17) is 16.2 Å². The molecule has 0 saturated carbocycles. The maximum atomic E-state index is 13.1. The number of ether oxygens (including phenoxy) is 1. The van der Waals surface area contributed by atoms with Crippen LogP contribution in [0.25, 0.3) is 0 Å². The summed E-state index contributed by atoms with van der Waals surface area (Å²) in [5.41, 5.74) is 11.4. The van der Waals surface area contributed by atoms with Crippen molar-refractivity contribution in [3.05, 3.63) is 76.8 Å². The third kappa shape index (κ3) is 5.64. The molecule has 9 heteroatoms. The molecule has 0 aliphatic carbocycles. The van der Waals surface area contributed by atoms with Crippen LogP contribution in [0.15, 0.2) is 76.2 Å². The Morgan fingerprint density at radius 3 is 2.24 bits per heavy atom. The molecule has 0 spiro atoms. The summed E-state index contributed by atoms with van der Waals surface area (Å²) < 4.78 is 45.0. The van der Waals surface area contributed by atoms with E-state index in [0.717, 1.165) is 6.07 Å². The largest absolute Gasteiger partial charge is 0.457 e. The molecule has 0 atom stereocenters. The van der Waals surface area contributed by atoms with Crippen LogP contribution in [0.4, 0.5) is 30.2 Å². The summed E-state index contributed by atoms with van der Waals surface area (Å²) in [4.78, 5) is 3.92. The van der Waals surface area contributed by atoms with Crippen LogP contribution in [0, 0.1) is 0 Å². The van der Waals surface area contributed by atoms with Crippen molar-refractivity contribution in [2.24, 2.45) is 16.5 Å². The lowest BCUT2D eigenvalue weighted by Gasteiger charge is -2.13. The third-order valence-electron chi connectivity index (χ3n) is 3.73. The van der Waals surface area contributed by atoms with E-state index in [1.54, 1.807) is 54.6 Å². The summed E-state index contributed by atoms with van der Waals surface area (Å²) in [5.74, 6) is 1.02. The van der Waals surface area contributed by atoms with E-state index in [1.807, 2.05) is 0 Å². The average molecular weight is 465 g/mol. The highest BCUT2D eigenvalue weighted by molar-refractivity contribution is 9.10. The van der Waals surface area contributed by atoms with Crippen LogP contribution in [-0.2, 0) is 6.18 Å². The van der Waals surface area contributed by atoms with E-state index < -0.39 is 11.7 Å². The van der Waals surface area contributed by atoms with Crippen molar-refractivity contribution >= 4 is 39.0 Å². The highest BCUT2D eigenvalue weighted by Gasteiger charge is 2.33. The van der Waals surface area contributed by atoms with Gasteiger partial charge in [-0.1, -0.05) is 22.0 Å². The van der Waals surface area contributed by atoms with Crippen molar-refractivity contribution in [2.45, 2.75) is 6.18 Å². The number of benzene rings is 3. The third-order valence-corrected chi connectivity index (χ3v) is 4.42. The monoisotopic (exact) mass is 464 g/mol. The molecule has 0 fully saturated rings. The van der Waals surface area contributed by atoms with Crippen LogP contribution in [0.1, 0.15) is 5.56 Å². The van der Waals surface area contributed by atoms with Crippen LogP contribution in [0.3, 0.4) is 0 Å². The van der Waals surface area contributed by atoms with Crippen molar-refractivity contribution < 1.29 is 17.9 Å². The number of anilines is 2. The predicted octanol–water partition coefficient (Wildman–Crippen LogP) is 5.91. The Labute approximate surface area is 173 Å². The van der Waals surface area contributed by atoms with Gasteiger partial charge >= 0.3 is 6.18 Å². The molecule has 29 heavy (non-hydrogen) atoms. The van der Waals surface area contributed by atoms with Crippen molar-refractivity contribution in [3.8, 4) is 11.5 Å². The number of guanidine groups is 1. The summed E-state index contributed by atoms with van der Waals surface area (Å²) in [6.07, 6.45) is -4.45. The molecule has 0 unspecified atom stereocenters. The highest BCUT2D eigenvalue weighted by atomic mass is 79.9. The zero-order chi connectivity index (χ0) is 21.0. The van der Waals surface area contributed by atoms with E-state index in [2.05, 4.69) is 26.2 Å². The molecule has 0 radical (unpaired) electrons. The maximum absolute atomic E-state index is 13.1. The summed E-state index contributed by atoms with van der Waals surface area (Å²) in [6, 6.07) is 17.6. The summed E-state index contributed by atoms with van der Waals surface area (Å²) >= 11 is 2.93. The van der Waals surface area contributed by atoms with Gasteiger partial charge in [-0.25, -0.2) is 4.99 Å².